The molecule has 0 unspecified atom stereocenters. The normalized spacial score (nSPS) is 45.0. The van der Waals surface area contributed by atoms with E-state index in [0.29, 0.717) is 12.8 Å². The van der Waals surface area contributed by atoms with Crippen LogP contribution in [0.15, 0.2) is 0 Å². The van der Waals surface area contributed by atoms with Crippen LogP contribution in [0.25, 0.3) is 0 Å². The minimum atomic E-state index is -0.760. The first-order valence-corrected chi connectivity index (χ1v) is 3.20. The Labute approximate surface area is 54.3 Å². The van der Waals surface area contributed by atoms with Gasteiger partial charge in [-0.2, -0.15) is 0 Å². The molecule has 1 aliphatic rings. The fourth-order valence-electron chi connectivity index (χ4n) is 1.09. The molecule has 0 aromatic heterocycles. The first kappa shape index (κ1) is 6.99. The maximum Gasteiger partial charge on any atom is 0.157 e. The highest BCUT2D eigenvalue weighted by Crippen LogP contribution is 2.16. The molecule has 0 aromatic rings. The number of ether oxygens (including phenoxy) is 1. The van der Waals surface area contributed by atoms with Crippen LogP contribution in [-0.2, 0) is 4.74 Å². The molecule has 3 heteroatoms. The topological polar surface area (TPSA) is 49.7 Å². The molecule has 0 aliphatic carbocycles. The van der Waals surface area contributed by atoms with Crippen molar-refractivity contribution in [2.45, 2.75) is 38.3 Å². The zero-order valence-electron chi connectivity index (χ0n) is 5.45. The number of aliphatic hydroxyl groups excluding tert-OH is 2. The molecule has 1 rings (SSSR count). The predicted molar refractivity (Wildman–Crippen MR) is 31.8 cm³/mol. The second-order valence-corrected chi connectivity index (χ2v) is 2.53. The second-order valence-electron chi connectivity index (χ2n) is 2.53. The van der Waals surface area contributed by atoms with E-state index in [1.54, 1.807) is 0 Å². The highest BCUT2D eigenvalue weighted by atomic mass is 16.6. The summed E-state index contributed by atoms with van der Waals surface area (Å²) in [4.78, 5) is 0. The Hall–Kier alpha value is -0.120. The Balaban J connectivity index is 2.34. The van der Waals surface area contributed by atoms with E-state index in [1.165, 1.54) is 0 Å². The van der Waals surface area contributed by atoms with E-state index in [-0.39, 0.29) is 12.2 Å². The largest absolute Gasteiger partial charge is 0.393 e. The zero-order chi connectivity index (χ0) is 6.85. The van der Waals surface area contributed by atoms with Gasteiger partial charge in [-0.25, -0.2) is 0 Å². The lowest BCUT2D eigenvalue weighted by Gasteiger charge is -2.27. The van der Waals surface area contributed by atoms with Crippen LogP contribution in [0.1, 0.15) is 19.8 Å². The number of aliphatic hydroxyl groups is 2. The number of rotatable bonds is 0. The predicted octanol–water partition coefficient (Wildman–Crippen LogP) is -0.135. The van der Waals surface area contributed by atoms with Crippen molar-refractivity contribution in [2.75, 3.05) is 0 Å². The van der Waals surface area contributed by atoms with Gasteiger partial charge >= 0.3 is 0 Å². The number of hydrogen-bond donors (Lipinski definition) is 2. The summed E-state index contributed by atoms with van der Waals surface area (Å²) in [6.45, 7) is 1.84. The van der Waals surface area contributed by atoms with Crippen LogP contribution in [0.3, 0.4) is 0 Å². The van der Waals surface area contributed by atoms with Crippen molar-refractivity contribution < 1.29 is 14.9 Å². The zero-order valence-corrected chi connectivity index (χ0v) is 5.45. The lowest BCUT2D eigenvalue weighted by Crippen LogP contribution is -2.33. The minimum Gasteiger partial charge on any atom is -0.393 e. The average Bonchev–Trinajstić information content (AvgIpc) is 1.59. The van der Waals surface area contributed by atoms with Crippen LogP contribution in [0, 0.1) is 0 Å². The van der Waals surface area contributed by atoms with Gasteiger partial charge in [-0.15, -0.1) is 0 Å². The third kappa shape index (κ3) is 1.93. The van der Waals surface area contributed by atoms with Gasteiger partial charge in [0.15, 0.2) is 6.29 Å². The van der Waals surface area contributed by atoms with E-state index in [2.05, 4.69) is 0 Å². The molecule has 0 amide bonds. The van der Waals surface area contributed by atoms with Gasteiger partial charge in [0, 0.05) is 6.42 Å². The fourth-order valence-corrected chi connectivity index (χ4v) is 1.09. The van der Waals surface area contributed by atoms with Gasteiger partial charge in [-0.3, -0.25) is 0 Å². The smallest absolute Gasteiger partial charge is 0.157 e. The maximum absolute atomic E-state index is 9.01. The standard InChI is InChI=1S/C6H12O3/c1-4-2-5(7)3-6(8)9-4/h4-8H,2-3H2,1H3/t4-,5+,6-/m1/s1. The van der Waals surface area contributed by atoms with Gasteiger partial charge in [0.05, 0.1) is 12.2 Å². The molecule has 1 aliphatic heterocycles. The molecular weight excluding hydrogens is 120 g/mol. The first-order valence-electron chi connectivity index (χ1n) is 3.20. The van der Waals surface area contributed by atoms with E-state index in [9.17, 15) is 0 Å². The molecule has 3 atom stereocenters. The molecule has 0 spiro atoms. The summed E-state index contributed by atoms with van der Waals surface area (Å²) in [5.74, 6) is 0. The highest BCUT2D eigenvalue weighted by Gasteiger charge is 2.23. The van der Waals surface area contributed by atoms with Crippen molar-refractivity contribution in [1.29, 1.82) is 0 Å². The molecule has 1 heterocycles. The lowest BCUT2D eigenvalue weighted by molar-refractivity contribution is -0.183. The number of hydrogen-bond acceptors (Lipinski definition) is 3. The quantitative estimate of drug-likeness (QED) is 0.482. The highest BCUT2D eigenvalue weighted by molar-refractivity contribution is 4.68. The van der Waals surface area contributed by atoms with Crippen molar-refractivity contribution in [3.05, 3.63) is 0 Å². The van der Waals surface area contributed by atoms with Crippen LogP contribution in [0.5, 0.6) is 0 Å². The van der Waals surface area contributed by atoms with E-state index in [4.69, 9.17) is 14.9 Å². The van der Waals surface area contributed by atoms with Gasteiger partial charge < -0.3 is 14.9 Å². The van der Waals surface area contributed by atoms with Gasteiger partial charge in [0.25, 0.3) is 0 Å². The monoisotopic (exact) mass is 132 g/mol. The van der Waals surface area contributed by atoms with Gasteiger partial charge in [0.1, 0.15) is 0 Å². The maximum atomic E-state index is 9.01. The molecule has 3 nitrogen and oxygen atoms in total. The molecule has 0 aromatic carbocycles. The molecule has 54 valence electrons. The lowest BCUT2D eigenvalue weighted by atomic mass is 10.1. The molecule has 9 heavy (non-hydrogen) atoms. The van der Waals surface area contributed by atoms with Crippen molar-refractivity contribution in [1.82, 2.24) is 0 Å². The van der Waals surface area contributed by atoms with E-state index < -0.39 is 6.29 Å². The molecule has 0 radical (unpaired) electrons. The van der Waals surface area contributed by atoms with Crippen molar-refractivity contribution in [3.8, 4) is 0 Å². The average molecular weight is 132 g/mol. The molecule has 0 bridgehead atoms. The SMILES string of the molecule is C[C@@H]1C[C@H](O)C[C@H](O)O1. The molecular formula is C6H12O3. The van der Waals surface area contributed by atoms with E-state index in [0.717, 1.165) is 0 Å². The molecule has 1 fully saturated rings. The van der Waals surface area contributed by atoms with Crippen LogP contribution in [-0.4, -0.2) is 28.7 Å². The fraction of sp³-hybridized carbons (Fsp3) is 1.00. The van der Waals surface area contributed by atoms with Crippen molar-refractivity contribution in [2.24, 2.45) is 0 Å². The van der Waals surface area contributed by atoms with Crippen LogP contribution in [0.2, 0.25) is 0 Å². The third-order valence-corrected chi connectivity index (χ3v) is 1.47. The third-order valence-electron chi connectivity index (χ3n) is 1.47. The summed E-state index contributed by atoms with van der Waals surface area (Å²) in [7, 11) is 0. The first-order chi connectivity index (χ1) is 4.18. The van der Waals surface area contributed by atoms with E-state index >= 15 is 0 Å². The summed E-state index contributed by atoms with van der Waals surface area (Å²) in [6.07, 6.45) is -0.169. The van der Waals surface area contributed by atoms with Crippen molar-refractivity contribution in [3.63, 3.8) is 0 Å². The van der Waals surface area contributed by atoms with Crippen molar-refractivity contribution >= 4 is 0 Å². The summed E-state index contributed by atoms with van der Waals surface area (Å²) >= 11 is 0. The molecule has 0 saturated carbocycles. The van der Waals surface area contributed by atoms with Crippen LogP contribution < -0.4 is 0 Å². The Morgan fingerprint density at radius 1 is 1.33 bits per heavy atom. The van der Waals surface area contributed by atoms with E-state index in [1.807, 2.05) is 6.92 Å². The summed E-state index contributed by atoms with van der Waals surface area (Å²) in [5.41, 5.74) is 0. The summed E-state index contributed by atoms with van der Waals surface area (Å²) in [6, 6.07) is 0. The van der Waals surface area contributed by atoms with Crippen LogP contribution >= 0.6 is 0 Å². The molecule has 2 N–H and O–H groups in total. The van der Waals surface area contributed by atoms with Crippen LogP contribution in [0.4, 0.5) is 0 Å². The Bertz CT molecular complexity index is 69.3. The Morgan fingerprint density at radius 3 is 2.44 bits per heavy atom. The minimum absolute atomic E-state index is 0.0104. The van der Waals surface area contributed by atoms with Gasteiger partial charge in [-0.05, 0) is 13.3 Å². The second kappa shape index (κ2) is 2.64. The Kier molecular flexibility index (Phi) is 2.05. The Morgan fingerprint density at radius 2 is 2.00 bits per heavy atom. The summed E-state index contributed by atoms with van der Waals surface area (Å²) < 4.78 is 4.95. The van der Waals surface area contributed by atoms with Gasteiger partial charge in [-0.1, -0.05) is 0 Å². The molecule has 1 saturated heterocycles. The van der Waals surface area contributed by atoms with Gasteiger partial charge in [0.2, 0.25) is 0 Å². The summed E-state index contributed by atoms with van der Waals surface area (Å²) in [5, 5.41) is 17.9.